The molecule has 2 aliphatic rings. The second-order valence-corrected chi connectivity index (χ2v) is 6.60. The normalized spacial score (nSPS) is 36.8. The fraction of sp³-hybridized carbons (Fsp3) is 0.667. The van der Waals surface area contributed by atoms with Crippen LogP contribution in [0.1, 0.15) is 56.2 Å². The van der Waals surface area contributed by atoms with E-state index in [1.807, 2.05) is 6.20 Å². The lowest BCUT2D eigenvalue weighted by Gasteiger charge is -2.37. The summed E-state index contributed by atoms with van der Waals surface area (Å²) in [4.78, 5) is 4.67. The Morgan fingerprint density at radius 3 is 3.06 bits per heavy atom. The molecule has 3 unspecified atom stereocenters. The minimum absolute atomic E-state index is 0.383. The lowest BCUT2D eigenvalue weighted by molar-refractivity contribution is 0.233. The van der Waals surface area contributed by atoms with Crippen molar-refractivity contribution >= 4 is 11.6 Å². The molecule has 1 fully saturated rings. The molecule has 0 N–H and O–H groups in total. The van der Waals surface area contributed by atoms with Gasteiger partial charge in [-0.3, -0.25) is 4.98 Å². The van der Waals surface area contributed by atoms with Gasteiger partial charge in [-0.1, -0.05) is 13.0 Å². The van der Waals surface area contributed by atoms with Crippen LogP contribution >= 0.6 is 11.6 Å². The molecule has 0 spiro atoms. The summed E-state index contributed by atoms with van der Waals surface area (Å²) in [5.41, 5.74) is 3.23. The second-order valence-electron chi connectivity index (χ2n) is 5.99. The van der Waals surface area contributed by atoms with E-state index in [4.69, 9.17) is 11.6 Å². The predicted molar refractivity (Wildman–Crippen MR) is 71.5 cm³/mol. The molecule has 2 heteroatoms. The summed E-state index contributed by atoms with van der Waals surface area (Å²) in [6.45, 7) is 2.42. The highest BCUT2D eigenvalue weighted by Gasteiger charge is 2.43. The van der Waals surface area contributed by atoms with E-state index in [1.54, 1.807) is 0 Å². The molecule has 1 nitrogen and oxygen atoms in total. The van der Waals surface area contributed by atoms with Crippen molar-refractivity contribution in [2.24, 2.45) is 5.41 Å². The summed E-state index contributed by atoms with van der Waals surface area (Å²) in [6, 6.07) is 4.33. The molecule has 0 saturated heterocycles. The smallest absolute Gasteiger partial charge is 0.0471 e. The van der Waals surface area contributed by atoms with Crippen molar-refractivity contribution in [1.82, 2.24) is 4.98 Å². The van der Waals surface area contributed by atoms with Crippen LogP contribution in [0.2, 0.25) is 0 Å². The number of nitrogens with zero attached hydrogens (tertiary/aromatic N) is 1. The lowest BCUT2D eigenvalue weighted by Crippen LogP contribution is -2.27. The van der Waals surface area contributed by atoms with Crippen molar-refractivity contribution in [2.75, 3.05) is 0 Å². The number of aryl methyl sites for hydroxylation is 1. The molecular weight excluding hydrogens is 230 g/mol. The van der Waals surface area contributed by atoms with Crippen molar-refractivity contribution in [3.05, 3.63) is 29.6 Å². The maximum atomic E-state index is 6.32. The number of alkyl halides is 1. The largest absolute Gasteiger partial charge is 0.261 e. The lowest BCUT2D eigenvalue weighted by atomic mass is 9.68. The van der Waals surface area contributed by atoms with E-state index in [1.165, 1.54) is 43.4 Å². The van der Waals surface area contributed by atoms with Crippen LogP contribution in [0.3, 0.4) is 0 Å². The Kier molecular flexibility index (Phi) is 2.90. The zero-order chi connectivity index (χ0) is 11.9. The fourth-order valence-electron chi connectivity index (χ4n) is 3.80. The fourth-order valence-corrected chi connectivity index (χ4v) is 4.26. The minimum Gasteiger partial charge on any atom is -0.261 e. The highest BCUT2D eigenvalue weighted by atomic mass is 35.5. The summed E-state index contributed by atoms with van der Waals surface area (Å²) >= 11 is 6.32. The molecule has 1 heterocycles. The standard InChI is InChI=1S/C15H20ClN/c1-15(8-7-12(16)10-15)13-6-2-4-11-5-3-9-17-14(11)13/h3,5,9,12-13H,2,4,6-8,10H2,1H3. The Hall–Kier alpha value is -0.560. The molecule has 0 aromatic carbocycles. The molecule has 0 radical (unpaired) electrons. The van der Waals surface area contributed by atoms with Gasteiger partial charge in [0, 0.05) is 23.2 Å². The Bertz CT molecular complexity index is 417. The monoisotopic (exact) mass is 249 g/mol. The van der Waals surface area contributed by atoms with Crippen LogP contribution in [-0.2, 0) is 6.42 Å². The summed E-state index contributed by atoms with van der Waals surface area (Å²) < 4.78 is 0. The Morgan fingerprint density at radius 2 is 2.29 bits per heavy atom. The second kappa shape index (κ2) is 4.28. The average Bonchev–Trinajstić information content (AvgIpc) is 2.70. The van der Waals surface area contributed by atoms with Crippen LogP contribution in [-0.4, -0.2) is 10.4 Å². The van der Waals surface area contributed by atoms with Gasteiger partial charge in [-0.25, -0.2) is 0 Å². The maximum absolute atomic E-state index is 6.32. The topological polar surface area (TPSA) is 12.9 Å². The molecule has 0 bridgehead atoms. The highest BCUT2D eigenvalue weighted by molar-refractivity contribution is 6.20. The number of fused-ring (bicyclic) bond motifs is 1. The SMILES string of the molecule is CC1(C2CCCc3cccnc32)CCC(Cl)C1. The summed E-state index contributed by atoms with van der Waals surface area (Å²) in [5, 5.41) is 0.383. The van der Waals surface area contributed by atoms with Gasteiger partial charge >= 0.3 is 0 Å². The zero-order valence-corrected chi connectivity index (χ0v) is 11.2. The van der Waals surface area contributed by atoms with Crippen molar-refractivity contribution < 1.29 is 0 Å². The van der Waals surface area contributed by atoms with Gasteiger partial charge in [-0.15, -0.1) is 11.6 Å². The van der Waals surface area contributed by atoms with Gasteiger partial charge in [0.25, 0.3) is 0 Å². The summed E-state index contributed by atoms with van der Waals surface area (Å²) in [5.74, 6) is 0.635. The third kappa shape index (κ3) is 1.99. The van der Waals surface area contributed by atoms with Gasteiger partial charge in [0.2, 0.25) is 0 Å². The minimum atomic E-state index is 0.383. The molecular formula is C15H20ClN. The average molecular weight is 250 g/mol. The molecule has 1 aromatic heterocycles. The van der Waals surface area contributed by atoms with E-state index < -0.39 is 0 Å². The van der Waals surface area contributed by atoms with Crippen LogP contribution in [0.25, 0.3) is 0 Å². The number of halogens is 1. The highest BCUT2D eigenvalue weighted by Crippen LogP contribution is 2.53. The molecule has 2 aliphatic carbocycles. The van der Waals surface area contributed by atoms with E-state index in [2.05, 4.69) is 24.0 Å². The number of hydrogen-bond donors (Lipinski definition) is 0. The first-order valence-electron chi connectivity index (χ1n) is 6.77. The van der Waals surface area contributed by atoms with Crippen LogP contribution in [0, 0.1) is 5.41 Å². The third-order valence-electron chi connectivity index (χ3n) is 4.75. The van der Waals surface area contributed by atoms with E-state index in [9.17, 15) is 0 Å². The van der Waals surface area contributed by atoms with Gasteiger partial charge in [0.1, 0.15) is 0 Å². The third-order valence-corrected chi connectivity index (χ3v) is 5.13. The van der Waals surface area contributed by atoms with Crippen LogP contribution in [0.4, 0.5) is 0 Å². The van der Waals surface area contributed by atoms with Crippen molar-refractivity contribution in [1.29, 1.82) is 0 Å². The molecule has 17 heavy (non-hydrogen) atoms. The van der Waals surface area contributed by atoms with Crippen molar-refractivity contribution in [3.8, 4) is 0 Å². The summed E-state index contributed by atoms with van der Waals surface area (Å²) in [6.07, 6.45) is 9.37. The molecule has 1 aromatic rings. The Morgan fingerprint density at radius 1 is 1.41 bits per heavy atom. The van der Waals surface area contributed by atoms with Crippen LogP contribution in [0.15, 0.2) is 18.3 Å². The van der Waals surface area contributed by atoms with Gasteiger partial charge in [-0.05, 0) is 55.6 Å². The van der Waals surface area contributed by atoms with E-state index >= 15 is 0 Å². The van der Waals surface area contributed by atoms with Crippen molar-refractivity contribution in [2.45, 2.75) is 56.7 Å². The number of aromatic nitrogens is 1. The van der Waals surface area contributed by atoms with Crippen LogP contribution < -0.4 is 0 Å². The molecule has 0 amide bonds. The maximum Gasteiger partial charge on any atom is 0.0471 e. The first kappa shape index (κ1) is 11.5. The first-order valence-corrected chi connectivity index (χ1v) is 7.20. The number of pyridine rings is 1. The molecule has 92 valence electrons. The quantitative estimate of drug-likeness (QED) is 0.677. The Balaban J connectivity index is 1.95. The zero-order valence-electron chi connectivity index (χ0n) is 10.5. The van der Waals surface area contributed by atoms with Crippen molar-refractivity contribution in [3.63, 3.8) is 0 Å². The predicted octanol–water partition coefficient (Wildman–Crippen LogP) is 4.30. The number of hydrogen-bond acceptors (Lipinski definition) is 1. The van der Waals surface area contributed by atoms with Gasteiger partial charge in [0.15, 0.2) is 0 Å². The van der Waals surface area contributed by atoms with E-state index in [-0.39, 0.29) is 0 Å². The molecule has 3 atom stereocenters. The molecule has 1 saturated carbocycles. The number of rotatable bonds is 1. The van der Waals surface area contributed by atoms with Gasteiger partial charge < -0.3 is 0 Å². The Labute approximate surface area is 109 Å². The van der Waals surface area contributed by atoms with Gasteiger partial charge in [0.05, 0.1) is 0 Å². The molecule has 3 rings (SSSR count). The molecule has 0 aliphatic heterocycles. The van der Waals surface area contributed by atoms with Crippen LogP contribution in [0.5, 0.6) is 0 Å². The van der Waals surface area contributed by atoms with E-state index in [0.717, 1.165) is 6.42 Å². The summed E-state index contributed by atoms with van der Waals surface area (Å²) in [7, 11) is 0. The first-order chi connectivity index (χ1) is 8.19. The van der Waals surface area contributed by atoms with E-state index in [0.29, 0.717) is 16.7 Å². The van der Waals surface area contributed by atoms with Gasteiger partial charge in [-0.2, -0.15) is 0 Å².